The van der Waals surface area contributed by atoms with E-state index in [9.17, 15) is 0 Å². The van der Waals surface area contributed by atoms with E-state index in [-0.39, 0.29) is 47.8 Å². The Kier molecular flexibility index (Phi) is 20.9. The molecule has 660 valence electrons. The molecule has 25 rings (SSSR count). The molecule has 0 amide bonds. The quantitative estimate of drug-likeness (QED) is 0.128. The largest absolute Gasteiger partial charge is 0.495 e. The van der Waals surface area contributed by atoms with Gasteiger partial charge in [0.15, 0.2) is 0 Å². The van der Waals surface area contributed by atoms with Crippen molar-refractivity contribution in [2.45, 2.75) is 156 Å². The molecule has 0 radical (unpaired) electrons. The predicted octanol–water partition coefficient (Wildman–Crippen LogP) is 28.5. The number of hydrogen-bond acceptors (Lipinski definition) is 12. The zero-order valence-electron chi connectivity index (χ0n) is 78.5. The number of benzene rings is 17. The average molecular weight is 1760 g/mol. The van der Waals surface area contributed by atoms with Gasteiger partial charge in [-0.15, -0.1) is 0 Å². The lowest BCUT2D eigenvalue weighted by atomic mass is 9.74. The van der Waals surface area contributed by atoms with Gasteiger partial charge >= 0.3 is 28.5 Å². The standard InChI is InChI=1S/C34H29BO3.3C28H25BO3/c1-33(2)34(3,4)38-35(37-33)28-11-7-10-24(18-28)22-12-14-23(15-13-22)27-16-17-31-29(20-27)30-19-25-8-5-6-9-26(25)21-32(30)36-31;1-27(2)28(3,4)32-29(31-27)24-11-7-5-9-21(24)19-14-13-18-17-26-23(16-20(18)15-19)22-10-6-8-12-25(22)30-26;1-27(2)28(3,4)32-29(31-27)21-12-7-11-20(15-21)22-13-8-14-23-24-16-18-9-5-6-10-19(18)17-25(24)30-26(22)23;1-27(2)28(3,4)32-29(31-27)23-14-8-7-12-20(23)21-13-9-15-24-26(21)22-16-18-10-5-6-11-19(18)17-25(22)30-24/h5-21H,1-4H3;3*5-17H,1-4H3. The Morgan fingerprint density at radius 3 is 1.04 bits per heavy atom. The Bertz CT molecular complexity index is 8170. The van der Waals surface area contributed by atoms with Crippen LogP contribution in [0.5, 0.6) is 0 Å². The second-order valence-corrected chi connectivity index (χ2v) is 40.3. The van der Waals surface area contributed by atoms with Crippen LogP contribution < -0.4 is 21.9 Å². The van der Waals surface area contributed by atoms with Crippen molar-refractivity contribution in [2.24, 2.45) is 0 Å². The molecule has 17 aromatic carbocycles. The van der Waals surface area contributed by atoms with Crippen molar-refractivity contribution < 1.29 is 54.9 Å². The van der Waals surface area contributed by atoms with Crippen LogP contribution in [0.4, 0.5) is 0 Å². The third kappa shape index (κ3) is 15.3. The van der Waals surface area contributed by atoms with Gasteiger partial charge in [-0.25, -0.2) is 0 Å². The molecule has 0 unspecified atom stereocenters. The summed E-state index contributed by atoms with van der Waals surface area (Å²) in [7, 11) is -1.58. The molecule has 21 aromatic rings. The first-order valence-corrected chi connectivity index (χ1v) is 46.6. The number of rotatable bonds is 9. The normalized spacial score (nSPS) is 17.3. The van der Waals surface area contributed by atoms with Crippen molar-refractivity contribution in [1.82, 2.24) is 0 Å². The van der Waals surface area contributed by atoms with Crippen LogP contribution in [0.2, 0.25) is 0 Å². The molecule has 0 bridgehead atoms. The molecule has 0 N–H and O–H groups in total. The van der Waals surface area contributed by atoms with Crippen molar-refractivity contribution in [2.75, 3.05) is 0 Å². The van der Waals surface area contributed by atoms with Gasteiger partial charge in [-0.2, -0.15) is 0 Å². The van der Waals surface area contributed by atoms with Crippen LogP contribution in [-0.2, 0) is 37.2 Å². The first-order chi connectivity index (χ1) is 64.3. The summed E-state index contributed by atoms with van der Waals surface area (Å²) in [6, 6.07) is 119. The molecule has 8 heterocycles. The lowest BCUT2D eigenvalue weighted by Crippen LogP contribution is -2.41. The van der Waals surface area contributed by atoms with Gasteiger partial charge in [0, 0.05) is 48.7 Å². The highest BCUT2D eigenvalue weighted by atomic mass is 16.7. The minimum absolute atomic E-state index is 0.357. The molecule has 0 aliphatic carbocycles. The summed E-state index contributed by atoms with van der Waals surface area (Å²) in [5.74, 6) is 0. The smallest absolute Gasteiger partial charge is 0.456 e. The summed E-state index contributed by atoms with van der Waals surface area (Å²) in [4.78, 5) is 0. The number of hydrogen-bond donors (Lipinski definition) is 0. The van der Waals surface area contributed by atoms with Crippen molar-refractivity contribution in [3.63, 3.8) is 0 Å². The molecule has 0 saturated carbocycles. The van der Waals surface area contributed by atoms with E-state index < -0.39 is 25.4 Å². The van der Waals surface area contributed by atoms with Gasteiger partial charge in [-0.05, 0) is 305 Å². The fourth-order valence-electron chi connectivity index (χ4n) is 19.1. The summed E-state index contributed by atoms with van der Waals surface area (Å²) in [5.41, 5.74) is 19.8. The van der Waals surface area contributed by atoms with Gasteiger partial charge in [-0.1, -0.05) is 261 Å². The van der Waals surface area contributed by atoms with Crippen molar-refractivity contribution in [3.05, 3.63) is 340 Å². The highest BCUT2D eigenvalue weighted by Crippen LogP contribution is 2.47. The molecule has 4 aromatic heterocycles. The fourth-order valence-corrected chi connectivity index (χ4v) is 19.1. The van der Waals surface area contributed by atoms with Gasteiger partial charge in [0.25, 0.3) is 0 Å². The fraction of sp³-hybridized carbons (Fsp3) is 0.203. The maximum Gasteiger partial charge on any atom is 0.495 e. The molecule has 0 atom stereocenters. The van der Waals surface area contributed by atoms with E-state index in [1.54, 1.807) is 0 Å². The zero-order valence-corrected chi connectivity index (χ0v) is 78.5. The van der Waals surface area contributed by atoms with Crippen LogP contribution in [0.3, 0.4) is 0 Å². The van der Waals surface area contributed by atoms with Crippen LogP contribution in [-0.4, -0.2) is 73.3 Å². The van der Waals surface area contributed by atoms with E-state index in [1.165, 1.54) is 48.8 Å². The minimum Gasteiger partial charge on any atom is -0.456 e. The van der Waals surface area contributed by atoms with Gasteiger partial charge < -0.3 is 54.9 Å². The molecule has 12 nitrogen and oxygen atoms in total. The summed E-state index contributed by atoms with van der Waals surface area (Å²) >= 11 is 0. The highest BCUT2D eigenvalue weighted by molar-refractivity contribution is 6.65. The van der Waals surface area contributed by atoms with Crippen LogP contribution >= 0.6 is 0 Å². The van der Waals surface area contributed by atoms with E-state index in [2.05, 4.69) is 420 Å². The Hall–Kier alpha value is -13.1. The molecule has 4 saturated heterocycles. The maximum absolute atomic E-state index is 6.42. The molecule has 134 heavy (non-hydrogen) atoms. The van der Waals surface area contributed by atoms with Crippen LogP contribution in [0.1, 0.15) is 111 Å². The molecular weight excluding hydrogens is 1650 g/mol. The number of furan rings is 4. The second kappa shape index (κ2) is 32.4. The Morgan fingerprint density at radius 1 is 0.172 bits per heavy atom. The van der Waals surface area contributed by atoms with Crippen LogP contribution in [0, 0.1) is 0 Å². The molecule has 4 aliphatic heterocycles. The van der Waals surface area contributed by atoms with E-state index in [1.807, 2.05) is 30.3 Å². The average Bonchev–Trinajstić information content (AvgIpc) is 1.57. The molecular formula is C118H104B4O12. The van der Waals surface area contributed by atoms with Crippen LogP contribution in [0.25, 0.3) is 186 Å². The molecule has 0 spiro atoms. The van der Waals surface area contributed by atoms with Crippen molar-refractivity contribution in [1.29, 1.82) is 0 Å². The van der Waals surface area contributed by atoms with Crippen molar-refractivity contribution >= 4 is 181 Å². The van der Waals surface area contributed by atoms with Gasteiger partial charge in [-0.3, -0.25) is 0 Å². The lowest BCUT2D eigenvalue weighted by Gasteiger charge is -2.32. The number of fused-ring (bicyclic) bond motifs is 16. The van der Waals surface area contributed by atoms with E-state index in [0.717, 1.165) is 159 Å². The molecule has 4 aliphatic rings. The second-order valence-electron chi connectivity index (χ2n) is 40.3. The first-order valence-electron chi connectivity index (χ1n) is 46.6. The first kappa shape index (κ1) is 86.3. The minimum atomic E-state index is -0.426. The van der Waals surface area contributed by atoms with Crippen LogP contribution in [0.15, 0.2) is 357 Å². The maximum atomic E-state index is 6.42. The Morgan fingerprint density at radius 2 is 0.493 bits per heavy atom. The number of para-hydroxylation sites is 2. The van der Waals surface area contributed by atoms with E-state index >= 15 is 0 Å². The predicted molar refractivity (Wildman–Crippen MR) is 555 cm³/mol. The zero-order chi connectivity index (χ0) is 92.3. The van der Waals surface area contributed by atoms with Crippen molar-refractivity contribution in [3.8, 4) is 55.6 Å². The van der Waals surface area contributed by atoms with Gasteiger partial charge in [0.2, 0.25) is 0 Å². The SMILES string of the molecule is CC1(C)OB(c2cccc(-c3ccc(-c4ccc5oc6cc7ccccc7cc6c5c4)cc3)c2)OC1(C)C.CC1(C)OB(c2cccc(-c3cccc4c3oc3cc5ccccc5cc34)c2)OC1(C)C.CC1(C)OB(c2ccccc2-c2ccc3cc4oc5ccccc5c4cc3c2)OC1(C)C.CC1(C)OB(c2ccccc2-c2cccc3oc4cc5ccccc5cc4c23)OC1(C)C. The third-order valence-corrected chi connectivity index (χ3v) is 29.6. The van der Waals surface area contributed by atoms with Gasteiger partial charge in [0.05, 0.1) is 44.8 Å². The summed E-state index contributed by atoms with van der Waals surface area (Å²) in [6.07, 6.45) is 0. The Balaban J connectivity index is 0.000000104. The Labute approximate surface area is 781 Å². The van der Waals surface area contributed by atoms with E-state index in [4.69, 9.17) is 54.9 Å². The van der Waals surface area contributed by atoms with E-state index in [0.29, 0.717) is 0 Å². The topological polar surface area (TPSA) is 126 Å². The lowest BCUT2D eigenvalue weighted by molar-refractivity contribution is 0.00578. The summed E-state index contributed by atoms with van der Waals surface area (Å²) < 4.78 is 75.6. The monoisotopic (exact) mass is 1760 g/mol. The third-order valence-electron chi connectivity index (χ3n) is 29.6. The summed E-state index contributed by atoms with van der Waals surface area (Å²) in [5, 5.41) is 18.6. The molecule has 4 fully saturated rings. The highest BCUT2D eigenvalue weighted by Gasteiger charge is 2.56. The summed E-state index contributed by atoms with van der Waals surface area (Å²) in [6.45, 7) is 33.4. The molecule has 16 heteroatoms. The van der Waals surface area contributed by atoms with Gasteiger partial charge in [0.1, 0.15) is 44.7 Å².